The van der Waals surface area contributed by atoms with Gasteiger partial charge in [0.15, 0.2) is 0 Å². The number of nitrogens with zero attached hydrogens (tertiary/aromatic N) is 1. The topological polar surface area (TPSA) is 37.4 Å². The first-order valence-corrected chi connectivity index (χ1v) is 8.24. The van der Waals surface area contributed by atoms with Crippen LogP contribution in [0.25, 0.3) is 0 Å². The molecule has 1 heterocycles. The lowest BCUT2D eigenvalue weighted by Crippen LogP contribution is -2.28. The number of hydrogen-bond donors (Lipinski definition) is 0. The van der Waals surface area contributed by atoms with Crippen LogP contribution in [0.4, 0.5) is 0 Å². The summed E-state index contributed by atoms with van der Waals surface area (Å²) in [5.74, 6) is 0.151. The zero-order valence-corrected chi connectivity index (χ0v) is 12.6. The second-order valence-corrected chi connectivity index (χ2v) is 7.11. The van der Waals surface area contributed by atoms with E-state index in [1.165, 1.54) is 16.4 Å². The lowest BCUT2D eigenvalue weighted by Gasteiger charge is -2.17. The van der Waals surface area contributed by atoms with Crippen LogP contribution >= 0.6 is 34.8 Å². The molecule has 0 saturated carbocycles. The summed E-state index contributed by atoms with van der Waals surface area (Å²) in [6, 6.07) is 2.90. The van der Waals surface area contributed by atoms with E-state index < -0.39 is 10.0 Å². The predicted octanol–water partition coefficient (Wildman–Crippen LogP) is 3.52. The molecule has 0 amide bonds. The molecule has 18 heavy (non-hydrogen) atoms. The summed E-state index contributed by atoms with van der Waals surface area (Å²) < 4.78 is 26.2. The van der Waals surface area contributed by atoms with E-state index in [-0.39, 0.29) is 15.8 Å². The van der Waals surface area contributed by atoms with Crippen LogP contribution < -0.4 is 0 Å². The summed E-state index contributed by atoms with van der Waals surface area (Å²) in [7, 11) is -3.53. The molecule has 2 rings (SSSR count). The summed E-state index contributed by atoms with van der Waals surface area (Å²) in [5.41, 5.74) is 0.570. The van der Waals surface area contributed by atoms with E-state index >= 15 is 0 Å². The van der Waals surface area contributed by atoms with Crippen LogP contribution in [0.2, 0.25) is 10.0 Å². The number of rotatable bonds is 3. The van der Waals surface area contributed by atoms with Crippen molar-refractivity contribution in [1.29, 1.82) is 0 Å². The quantitative estimate of drug-likeness (QED) is 0.796. The summed E-state index contributed by atoms with van der Waals surface area (Å²) in [6.45, 7) is 1.08. The van der Waals surface area contributed by atoms with Gasteiger partial charge in [-0.3, -0.25) is 0 Å². The highest BCUT2D eigenvalue weighted by atomic mass is 35.5. The van der Waals surface area contributed by atoms with Crippen molar-refractivity contribution >= 4 is 44.8 Å². The molecule has 0 unspecified atom stereocenters. The van der Waals surface area contributed by atoms with Gasteiger partial charge in [-0.05, 0) is 30.5 Å². The monoisotopic (exact) mass is 327 g/mol. The van der Waals surface area contributed by atoms with Crippen LogP contribution in [0, 0.1) is 0 Å². The molecule has 0 aliphatic carbocycles. The highest BCUT2D eigenvalue weighted by Crippen LogP contribution is 2.32. The molecule has 1 aromatic carbocycles. The molecule has 0 spiro atoms. The fourth-order valence-electron chi connectivity index (χ4n) is 1.94. The molecular formula is C11H12Cl3NO2S. The van der Waals surface area contributed by atoms with Gasteiger partial charge in [0.2, 0.25) is 10.0 Å². The maximum atomic E-state index is 12.4. The van der Waals surface area contributed by atoms with Crippen molar-refractivity contribution < 1.29 is 8.42 Å². The Bertz CT molecular complexity index is 554. The normalized spacial score (nSPS) is 17.3. The van der Waals surface area contributed by atoms with E-state index in [1.54, 1.807) is 0 Å². The smallest absolute Gasteiger partial charge is 0.207 e. The molecule has 0 bridgehead atoms. The third-order valence-corrected chi connectivity index (χ3v) is 5.93. The van der Waals surface area contributed by atoms with Crippen molar-refractivity contribution in [1.82, 2.24) is 4.31 Å². The Morgan fingerprint density at radius 3 is 2.28 bits per heavy atom. The number of benzene rings is 1. The van der Waals surface area contributed by atoms with Crippen LogP contribution in [0.3, 0.4) is 0 Å². The summed E-state index contributed by atoms with van der Waals surface area (Å²) >= 11 is 17.7. The minimum Gasteiger partial charge on any atom is -0.207 e. The van der Waals surface area contributed by atoms with E-state index in [4.69, 9.17) is 34.8 Å². The van der Waals surface area contributed by atoms with Gasteiger partial charge in [-0.2, -0.15) is 4.31 Å². The van der Waals surface area contributed by atoms with Gasteiger partial charge >= 0.3 is 0 Å². The van der Waals surface area contributed by atoms with Crippen molar-refractivity contribution in [3.05, 3.63) is 27.7 Å². The molecule has 0 N–H and O–H groups in total. The van der Waals surface area contributed by atoms with Crippen molar-refractivity contribution in [2.45, 2.75) is 23.6 Å². The van der Waals surface area contributed by atoms with Gasteiger partial charge in [0.25, 0.3) is 0 Å². The van der Waals surface area contributed by atoms with Gasteiger partial charge in [0, 0.05) is 24.0 Å². The van der Waals surface area contributed by atoms with E-state index in [9.17, 15) is 8.42 Å². The Morgan fingerprint density at radius 2 is 1.72 bits per heavy atom. The van der Waals surface area contributed by atoms with Gasteiger partial charge in [0.1, 0.15) is 4.90 Å². The second kappa shape index (κ2) is 5.55. The summed E-state index contributed by atoms with van der Waals surface area (Å²) in [5, 5.41) is 0.524. The number of sulfonamides is 1. The molecule has 0 radical (unpaired) electrons. The second-order valence-electron chi connectivity index (χ2n) is 4.12. The molecule has 3 nitrogen and oxygen atoms in total. The zero-order chi connectivity index (χ0) is 13.3. The minimum absolute atomic E-state index is 0.0890. The first-order valence-electron chi connectivity index (χ1n) is 5.51. The van der Waals surface area contributed by atoms with Gasteiger partial charge in [-0.15, -0.1) is 11.6 Å². The Labute approximate surface area is 122 Å². The maximum absolute atomic E-state index is 12.4. The summed E-state index contributed by atoms with van der Waals surface area (Å²) in [6.07, 6.45) is 1.76. The van der Waals surface area contributed by atoms with Crippen molar-refractivity contribution in [3.8, 4) is 0 Å². The number of hydrogen-bond acceptors (Lipinski definition) is 2. The van der Waals surface area contributed by atoms with Gasteiger partial charge < -0.3 is 0 Å². The van der Waals surface area contributed by atoms with E-state index in [1.807, 2.05) is 0 Å². The van der Waals surface area contributed by atoms with Crippen LogP contribution in [0.5, 0.6) is 0 Å². The Morgan fingerprint density at radius 1 is 1.11 bits per heavy atom. The van der Waals surface area contributed by atoms with Crippen LogP contribution in [0.1, 0.15) is 18.4 Å². The SMILES string of the molecule is O=S(=O)(c1cc(CCl)c(Cl)cc1Cl)N1CCCC1. The third kappa shape index (κ3) is 2.63. The van der Waals surface area contributed by atoms with E-state index in [2.05, 4.69) is 0 Å². The lowest BCUT2D eigenvalue weighted by atomic mass is 10.2. The van der Waals surface area contributed by atoms with Crippen molar-refractivity contribution in [2.24, 2.45) is 0 Å². The number of alkyl halides is 1. The molecular weight excluding hydrogens is 317 g/mol. The minimum atomic E-state index is -3.53. The van der Waals surface area contributed by atoms with E-state index in [0.717, 1.165) is 12.8 Å². The average Bonchev–Trinajstić information content (AvgIpc) is 2.82. The Balaban J connectivity index is 2.49. The van der Waals surface area contributed by atoms with Gasteiger partial charge in [-0.25, -0.2) is 8.42 Å². The van der Waals surface area contributed by atoms with Crippen LogP contribution in [-0.4, -0.2) is 25.8 Å². The van der Waals surface area contributed by atoms with Crippen molar-refractivity contribution in [2.75, 3.05) is 13.1 Å². The standard InChI is InChI=1S/C11H12Cl3NO2S/c12-7-8-5-11(10(14)6-9(8)13)18(16,17)15-3-1-2-4-15/h5-6H,1-4,7H2. The van der Waals surface area contributed by atoms with Gasteiger partial charge in [-0.1, -0.05) is 23.2 Å². The highest BCUT2D eigenvalue weighted by molar-refractivity contribution is 7.89. The lowest BCUT2D eigenvalue weighted by molar-refractivity contribution is 0.477. The Kier molecular flexibility index (Phi) is 4.44. The predicted molar refractivity (Wildman–Crippen MR) is 74.0 cm³/mol. The molecule has 7 heteroatoms. The molecule has 100 valence electrons. The fourth-order valence-corrected chi connectivity index (χ4v) is 4.58. The van der Waals surface area contributed by atoms with Crippen LogP contribution in [-0.2, 0) is 15.9 Å². The first-order chi connectivity index (χ1) is 8.46. The average molecular weight is 329 g/mol. The van der Waals surface area contributed by atoms with Crippen molar-refractivity contribution in [3.63, 3.8) is 0 Å². The fraction of sp³-hybridized carbons (Fsp3) is 0.455. The molecule has 1 saturated heterocycles. The maximum Gasteiger partial charge on any atom is 0.244 e. The molecule has 1 aliphatic heterocycles. The molecule has 1 fully saturated rings. The van der Waals surface area contributed by atoms with E-state index in [0.29, 0.717) is 23.7 Å². The van der Waals surface area contributed by atoms with Gasteiger partial charge in [0.05, 0.1) is 5.02 Å². The van der Waals surface area contributed by atoms with Crippen LogP contribution in [0.15, 0.2) is 17.0 Å². The summed E-state index contributed by atoms with van der Waals surface area (Å²) in [4.78, 5) is 0.0890. The zero-order valence-electron chi connectivity index (χ0n) is 9.50. The highest BCUT2D eigenvalue weighted by Gasteiger charge is 2.29. The molecule has 0 atom stereocenters. The molecule has 0 aromatic heterocycles. The number of halogens is 3. The largest absolute Gasteiger partial charge is 0.244 e. The molecule has 1 aliphatic rings. The third-order valence-electron chi connectivity index (χ3n) is 2.93. The molecule has 1 aromatic rings. The Hall–Kier alpha value is -0.000000000000000132. The first kappa shape index (κ1) is 14.4.